The largest absolute Gasteiger partial charge is 0.483 e. The van der Waals surface area contributed by atoms with Crippen molar-refractivity contribution in [2.75, 3.05) is 6.61 Å². The molecule has 0 saturated heterocycles. The molecule has 0 aliphatic heterocycles. The molecular formula is C21H25N3O4. The molecule has 7 heteroatoms. The van der Waals surface area contributed by atoms with Gasteiger partial charge in [0.1, 0.15) is 5.75 Å². The summed E-state index contributed by atoms with van der Waals surface area (Å²) < 4.78 is 5.51. The molecule has 0 atom stereocenters. The lowest BCUT2D eigenvalue weighted by atomic mass is 10.1. The lowest BCUT2D eigenvalue weighted by Gasteiger charge is -2.12. The third-order valence-electron chi connectivity index (χ3n) is 4.01. The Balaban J connectivity index is 1.62. The molecule has 2 aromatic rings. The number of aryl methyl sites for hydroxylation is 2. The van der Waals surface area contributed by atoms with Crippen LogP contribution in [0.5, 0.6) is 5.75 Å². The van der Waals surface area contributed by atoms with Gasteiger partial charge < -0.3 is 10.1 Å². The molecule has 0 aliphatic rings. The fourth-order valence-corrected chi connectivity index (χ4v) is 2.51. The van der Waals surface area contributed by atoms with Crippen LogP contribution in [0.4, 0.5) is 0 Å². The van der Waals surface area contributed by atoms with Crippen LogP contribution in [0.2, 0.25) is 0 Å². The quantitative estimate of drug-likeness (QED) is 0.607. The second kappa shape index (κ2) is 10.7. The molecule has 7 nitrogen and oxygen atoms in total. The zero-order valence-electron chi connectivity index (χ0n) is 16.1. The molecule has 0 spiro atoms. The van der Waals surface area contributed by atoms with Crippen LogP contribution in [-0.2, 0) is 20.9 Å². The third-order valence-corrected chi connectivity index (χ3v) is 4.01. The molecule has 0 aromatic heterocycles. The summed E-state index contributed by atoms with van der Waals surface area (Å²) in [6.45, 7) is 3.98. The molecular weight excluding hydrogens is 358 g/mol. The highest BCUT2D eigenvalue weighted by Gasteiger charge is 2.10. The van der Waals surface area contributed by atoms with E-state index in [1.54, 1.807) is 0 Å². The molecule has 0 bridgehead atoms. The first kappa shape index (κ1) is 21.0. The number of para-hydroxylation sites is 1. The van der Waals surface area contributed by atoms with Crippen LogP contribution >= 0.6 is 0 Å². The van der Waals surface area contributed by atoms with Crippen molar-refractivity contribution < 1.29 is 19.1 Å². The zero-order valence-corrected chi connectivity index (χ0v) is 16.1. The van der Waals surface area contributed by atoms with E-state index in [1.165, 1.54) is 0 Å². The van der Waals surface area contributed by atoms with E-state index in [0.29, 0.717) is 12.3 Å². The van der Waals surface area contributed by atoms with Gasteiger partial charge in [0.2, 0.25) is 11.8 Å². The smallest absolute Gasteiger partial charge is 0.276 e. The highest BCUT2D eigenvalue weighted by Crippen LogP contribution is 2.21. The Morgan fingerprint density at radius 2 is 1.39 bits per heavy atom. The Kier molecular flexibility index (Phi) is 8.02. The monoisotopic (exact) mass is 383 g/mol. The SMILES string of the molecule is Cc1cccc(C)c1OCC(=O)NNC(=O)CCC(=O)NCc1ccccc1. The van der Waals surface area contributed by atoms with Gasteiger partial charge in [0, 0.05) is 19.4 Å². The summed E-state index contributed by atoms with van der Waals surface area (Å²) in [5.74, 6) is -0.512. The molecule has 3 N–H and O–H groups in total. The number of carbonyl (C=O) groups is 3. The average molecular weight is 383 g/mol. The van der Waals surface area contributed by atoms with Crippen molar-refractivity contribution in [3.63, 3.8) is 0 Å². The van der Waals surface area contributed by atoms with Crippen LogP contribution in [-0.4, -0.2) is 24.3 Å². The van der Waals surface area contributed by atoms with Gasteiger partial charge in [-0.25, -0.2) is 0 Å². The van der Waals surface area contributed by atoms with E-state index in [2.05, 4.69) is 16.2 Å². The van der Waals surface area contributed by atoms with Crippen molar-refractivity contribution in [1.82, 2.24) is 16.2 Å². The van der Waals surface area contributed by atoms with Gasteiger partial charge in [-0.3, -0.25) is 25.2 Å². The number of amides is 3. The Hall–Kier alpha value is -3.35. The van der Waals surface area contributed by atoms with Crippen molar-refractivity contribution in [3.05, 3.63) is 65.2 Å². The van der Waals surface area contributed by atoms with Crippen molar-refractivity contribution in [2.24, 2.45) is 0 Å². The first-order valence-corrected chi connectivity index (χ1v) is 9.03. The van der Waals surface area contributed by atoms with Crippen molar-refractivity contribution in [1.29, 1.82) is 0 Å². The van der Waals surface area contributed by atoms with Crippen LogP contribution in [0.25, 0.3) is 0 Å². The molecule has 0 saturated carbocycles. The predicted octanol–water partition coefficient (Wildman–Crippen LogP) is 1.93. The molecule has 2 aromatic carbocycles. The van der Waals surface area contributed by atoms with Gasteiger partial charge in [0.05, 0.1) is 0 Å². The number of carbonyl (C=O) groups excluding carboxylic acids is 3. The summed E-state index contributed by atoms with van der Waals surface area (Å²) in [5.41, 5.74) is 7.40. The van der Waals surface area contributed by atoms with Crippen molar-refractivity contribution in [3.8, 4) is 5.75 Å². The van der Waals surface area contributed by atoms with Crippen LogP contribution in [0.1, 0.15) is 29.5 Å². The van der Waals surface area contributed by atoms with E-state index in [-0.39, 0.29) is 25.4 Å². The maximum absolute atomic E-state index is 11.8. The van der Waals surface area contributed by atoms with E-state index in [0.717, 1.165) is 16.7 Å². The van der Waals surface area contributed by atoms with Gasteiger partial charge >= 0.3 is 0 Å². The summed E-state index contributed by atoms with van der Waals surface area (Å²) >= 11 is 0. The van der Waals surface area contributed by atoms with Crippen molar-refractivity contribution >= 4 is 17.7 Å². The maximum Gasteiger partial charge on any atom is 0.276 e. The number of hydrazine groups is 1. The minimum atomic E-state index is -0.482. The van der Waals surface area contributed by atoms with Gasteiger partial charge in [0.15, 0.2) is 6.61 Å². The van der Waals surface area contributed by atoms with E-state index >= 15 is 0 Å². The second-order valence-corrected chi connectivity index (χ2v) is 6.37. The number of ether oxygens (including phenoxy) is 1. The van der Waals surface area contributed by atoms with Crippen LogP contribution < -0.4 is 20.9 Å². The summed E-state index contributed by atoms with van der Waals surface area (Å²) in [4.78, 5) is 35.4. The Morgan fingerprint density at radius 3 is 2.07 bits per heavy atom. The van der Waals surface area contributed by atoms with Crippen LogP contribution in [0, 0.1) is 13.8 Å². The first-order chi connectivity index (χ1) is 13.5. The fourth-order valence-electron chi connectivity index (χ4n) is 2.51. The normalized spacial score (nSPS) is 10.1. The molecule has 3 amide bonds. The number of hydrogen-bond acceptors (Lipinski definition) is 4. The average Bonchev–Trinajstić information content (AvgIpc) is 2.69. The molecule has 0 heterocycles. The van der Waals surface area contributed by atoms with Gasteiger partial charge in [-0.15, -0.1) is 0 Å². The summed E-state index contributed by atoms with van der Waals surface area (Å²) in [5, 5.41) is 2.74. The highest BCUT2D eigenvalue weighted by atomic mass is 16.5. The summed E-state index contributed by atoms with van der Waals surface area (Å²) in [6.07, 6.45) is 0.00606. The standard InChI is InChI=1S/C21H25N3O4/c1-15-7-6-8-16(2)21(15)28-14-20(27)24-23-19(26)12-11-18(25)22-13-17-9-4-3-5-10-17/h3-10H,11-14H2,1-2H3,(H,22,25)(H,23,26)(H,24,27). The van der Waals surface area contributed by atoms with Gasteiger partial charge in [-0.2, -0.15) is 0 Å². The minimum Gasteiger partial charge on any atom is -0.483 e. The Morgan fingerprint density at radius 1 is 0.786 bits per heavy atom. The molecule has 148 valence electrons. The van der Waals surface area contributed by atoms with Gasteiger partial charge in [-0.1, -0.05) is 48.5 Å². The Labute approximate surface area is 164 Å². The fraction of sp³-hybridized carbons (Fsp3) is 0.286. The van der Waals surface area contributed by atoms with Crippen molar-refractivity contribution in [2.45, 2.75) is 33.2 Å². The minimum absolute atomic E-state index is 0.0291. The number of hydrogen-bond donors (Lipinski definition) is 3. The molecule has 28 heavy (non-hydrogen) atoms. The third kappa shape index (κ3) is 7.11. The predicted molar refractivity (Wildman–Crippen MR) is 105 cm³/mol. The topological polar surface area (TPSA) is 96.5 Å². The molecule has 0 radical (unpaired) electrons. The number of benzene rings is 2. The van der Waals surface area contributed by atoms with Gasteiger partial charge in [-0.05, 0) is 30.5 Å². The van der Waals surface area contributed by atoms with Crippen LogP contribution in [0.15, 0.2) is 48.5 Å². The number of nitrogens with one attached hydrogen (secondary N) is 3. The molecule has 0 unspecified atom stereocenters. The van der Waals surface area contributed by atoms with E-state index in [1.807, 2.05) is 62.4 Å². The second-order valence-electron chi connectivity index (χ2n) is 6.37. The van der Waals surface area contributed by atoms with Crippen LogP contribution in [0.3, 0.4) is 0 Å². The summed E-state index contributed by atoms with van der Waals surface area (Å²) in [7, 11) is 0. The molecule has 2 rings (SSSR count). The molecule has 0 aliphatic carbocycles. The Bertz CT molecular complexity index is 801. The number of rotatable bonds is 8. The highest BCUT2D eigenvalue weighted by molar-refractivity contribution is 5.86. The zero-order chi connectivity index (χ0) is 20.4. The van der Waals surface area contributed by atoms with E-state index in [4.69, 9.17) is 4.74 Å². The lowest BCUT2D eigenvalue weighted by Crippen LogP contribution is -2.44. The molecule has 0 fully saturated rings. The maximum atomic E-state index is 11.8. The summed E-state index contributed by atoms with van der Waals surface area (Å²) in [6, 6.07) is 15.2. The first-order valence-electron chi connectivity index (χ1n) is 9.03. The van der Waals surface area contributed by atoms with Gasteiger partial charge in [0.25, 0.3) is 5.91 Å². The lowest BCUT2D eigenvalue weighted by molar-refractivity contribution is -0.131. The van der Waals surface area contributed by atoms with E-state index in [9.17, 15) is 14.4 Å². The van der Waals surface area contributed by atoms with E-state index < -0.39 is 11.8 Å².